The number of benzene rings is 2. The van der Waals surface area contributed by atoms with Crippen LogP contribution < -0.4 is 23.7 Å². The molecule has 194 valence electrons. The number of piperidine rings is 1. The SMILES string of the molecule is COc1cc2c(cc1OC)CN(C(=O)OC1CCCN(CCCOc3ccc4c(c3)OCO4)C1)CC2. The molecule has 1 fully saturated rings. The summed E-state index contributed by atoms with van der Waals surface area (Å²) in [7, 11) is 3.26. The van der Waals surface area contributed by atoms with Crippen molar-refractivity contribution in [3.8, 4) is 28.7 Å². The number of rotatable bonds is 8. The summed E-state index contributed by atoms with van der Waals surface area (Å²) in [6, 6.07) is 9.60. The zero-order chi connectivity index (χ0) is 24.9. The van der Waals surface area contributed by atoms with Crippen molar-refractivity contribution < 1.29 is 33.2 Å². The molecular formula is C27H34N2O7. The van der Waals surface area contributed by atoms with Crippen molar-refractivity contribution >= 4 is 6.09 Å². The van der Waals surface area contributed by atoms with Gasteiger partial charge in [-0.2, -0.15) is 0 Å². The Bertz CT molecular complexity index is 1080. The minimum atomic E-state index is -0.242. The first-order chi connectivity index (χ1) is 17.6. The molecule has 36 heavy (non-hydrogen) atoms. The molecule has 2 aromatic rings. The van der Waals surface area contributed by atoms with Crippen LogP contribution in [0.4, 0.5) is 4.79 Å². The second kappa shape index (κ2) is 11.2. The standard InChI is InChI=1S/C27H34N2O7/c1-31-24-13-19-8-11-29(16-20(19)14-25(24)32-2)27(30)36-22-5-3-9-28(17-22)10-4-12-33-21-6-7-23-26(15-21)35-18-34-23/h6-7,13-15,22H,3-5,8-12,16-18H2,1-2H3. The van der Waals surface area contributed by atoms with Crippen LogP contribution >= 0.6 is 0 Å². The molecule has 9 heteroatoms. The second-order valence-electron chi connectivity index (χ2n) is 9.31. The average Bonchev–Trinajstić information content (AvgIpc) is 3.38. The lowest BCUT2D eigenvalue weighted by Gasteiger charge is -2.35. The Morgan fingerprint density at radius 3 is 2.67 bits per heavy atom. The van der Waals surface area contributed by atoms with Gasteiger partial charge in [0.15, 0.2) is 23.0 Å². The Labute approximate surface area is 211 Å². The lowest BCUT2D eigenvalue weighted by atomic mass is 9.99. The number of nitrogens with zero attached hydrogens (tertiary/aromatic N) is 2. The van der Waals surface area contributed by atoms with Gasteiger partial charge in [-0.05, 0) is 67.6 Å². The fourth-order valence-corrected chi connectivity index (χ4v) is 5.01. The highest BCUT2D eigenvalue weighted by atomic mass is 16.7. The molecule has 0 saturated carbocycles. The van der Waals surface area contributed by atoms with Crippen molar-refractivity contribution in [1.82, 2.24) is 9.80 Å². The van der Waals surface area contributed by atoms with Crippen LogP contribution in [0.1, 0.15) is 30.4 Å². The Balaban J connectivity index is 1.06. The van der Waals surface area contributed by atoms with Crippen LogP contribution in [0.3, 0.4) is 0 Å². The molecule has 0 bridgehead atoms. The molecule has 1 unspecified atom stereocenters. The van der Waals surface area contributed by atoms with Gasteiger partial charge in [-0.25, -0.2) is 4.79 Å². The van der Waals surface area contributed by atoms with Gasteiger partial charge in [0.2, 0.25) is 6.79 Å². The Kier molecular flexibility index (Phi) is 7.55. The molecule has 1 atom stereocenters. The van der Waals surface area contributed by atoms with Gasteiger partial charge >= 0.3 is 6.09 Å². The number of amides is 1. The van der Waals surface area contributed by atoms with Gasteiger partial charge in [0.1, 0.15) is 11.9 Å². The fraction of sp³-hybridized carbons (Fsp3) is 0.519. The summed E-state index contributed by atoms with van der Waals surface area (Å²) < 4.78 is 33.4. The predicted molar refractivity (Wildman–Crippen MR) is 132 cm³/mol. The van der Waals surface area contributed by atoms with E-state index in [9.17, 15) is 4.79 Å². The van der Waals surface area contributed by atoms with Crippen molar-refractivity contribution in [2.75, 3.05) is 53.8 Å². The summed E-state index contributed by atoms with van der Waals surface area (Å²) in [6.45, 7) is 4.69. The van der Waals surface area contributed by atoms with Gasteiger partial charge in [0, 0.05) is 32.2 Å². The minimum absolute atomic E-state index is 0.0900. The zero-order valence-electron chi connectivity index (χ0n) is 21.0. The van der Waals surface area contributed by atoms with Crippen LogP contribution in [0, 0.1) is 0 Å². The number of fused-ring (bicyclic) bond motifs is 2. The van der Waals surface area contributed by atoms with E-state index in [0.717, 1.165) is 73.9 Å². The maximum atomic E-state index is 12.9. The minimum Gasteiger partial charge on any atom is -0.493 e. The number of methoxy groups -OCH3 is 2. The van der Waals surface area contributed by atoms with Crippen molar-refractivity contribution in [2.24, 2.45) is 0 Å². The van der Waals surface area contributed by atoms with E-state index in [2.05, 4.69) is 4.90 Å². The Hall–Kier alpha value is -3.33. The third-order valence-corrected chi connectivity index (χ3v) is 6.94. The van der Waals surface area contributed by atoms with E-state index < -0.39 is 0 Å². The van der Waals surface area contributed by atoms with Gasteiger partial charge in [0.05, 0.1) is 20.8 Å². The molecule has 2 aromatic carbocycles. The molecule has 1 saturated heterocycles. The molecule has 0 aromatic heterocycles. The molecule has 0 aliphatic carbocycles. The maximum Gasteiger partial charge on any atom is 0.410 e. The summed E-state index contributed by atoms with van der Waals surface area (Å²) in [5.74, 6) is 3.66. The molecule has 3 aliphatic rings. The van der Waals surface area contributed by atoms with E-state index in [1.54, 1.807) is 19.1 Å². The first kappa shape index (κ1) is 24.4. The summed E-state index contributed by atoms with van der Waals surface area (Å²) >= 11 is 0. The van der Waals surface area contributed by atoms with Gasteiger partial charge in [-0.3, -0.25) is 4.90 Å². The molecule has 0 radical (unpaired) electrons. The molecule has 1 amide bonds. The smallest absolute Gasteiger partial charge is 0.410 e. The van der Waals surface area contributed by atoms with Crippen LogP contribution in [0.2, 0.25) is 0 Å². The number of hydrogen-bond acceptors (Lipinski definition) is 8. The van der Waals surface area contributed by atoms with Gasteiger partial charge in [-0.1, -0.05) is 0 Å². The molecule has 3 aliphatic heterocycles. The summed E-state index contributed by atoms with van der Waals surface area (Å²) in [4.78, 5) is 17.1. The third-order valence-electron chi connectivity index (χ3n) is 6.94. The highest BCUT2D eigenvalue weighted by Crippen LogP contribution is 2.35. The number of ether oxygens (including phenoxy) is 6. The predicted octanol–water partition coefficient (Wildman–Crippen LogP) is 3.86. The first-order valence-corrected chi connectivity index (χ1v) is 12.6. The van der Waals surface area contributed by atoms with Crippen molar-refractivity contribution in [1.29, 1.82) is 0 Å². The number of carbonyl (C=O) groups excluding carboxylic acids is 1. The Morgan fingerprint density at radius 1 is 1.03 bits per heavy atom. The first-order valence-electron chi connectivity index (χ1n) is 12.6. The van der Waals surface area contributed by atoms with Crippen LogP contribution in [0.5, 0.6) is 28.7 Å². The highest BCUT2D eigenvalue weighted by Gasteiger charge is 2.28. The monoisotopic (exact) mass is 498 g/mol. The zero-order valence-corrected chi connectivity index (χ0v) is 21.0. The van der Waals surface area contributed by atoms with E-state index in [1.165, 1.54) is 5.56 Å². The van der Waals surface area contributed by atoms with Gasteiger partial charge < -0.3 is 33.3 Å². The quantitative estimate of drug-likeness (QED) is 0.508. The molecular weight excluding hydrogens is 464 g/mol. The fourth-order valence-electron chi connectivity index (χ4n) is 5.01. The second-order valence-corrected chi connectivity index (χ2v) is 9.31. The Morgan fingerprint density at radius 2 is 1.83 bits per heavy atom. The average molecular weight is 499 g/mol. The van der Waals surface area contributed by atoms with Crippen molar-refractivity contribution in [2.45, 2.75) is 38.3 Å². The normalized spacial score (nSPS) is 18.9. The van der Waals surface area contributed by atoms with Crippen LogP contribution in [-0.4, -0.2) is 75.8 Å². The number of likely N-dealkylation sites (tertiary alicyclic amines) is 1. The van der Waals surface area contributed by atoms with Crippen molar-refractivity contribution in [3.63, 3.8) is 0 Å². The molecule has 5 rings (SSSR count). The van der Waals surface area contributed by atoms with E-state index in [4.69, 9.17) is 28.4 Å². The topological polar surface area (TPSA) is 78.9 Å². The van der Waals surface area contributed by atoms with E-state index in [1.807, 2.05) is 30.3 Å². The van der Waals surface area contributed by atoms with Gasteiger partial charge in [-0.15, -0.1) is 0 Å². The molecule has 0 spiro atoms. The number of hydrogen-bond donors (Lipinski definition) is 0. The van der Waals surface area contributed by atoms with E-state index >= 15 is 0 Å². The van der Waals surface area contributed by atoms with Crippen LogP contribution in [-0.2, 0) is 17.7 Å². The molecule has 9 nitrogen and oxygen atoms in total. The van der Waals surface area contributed by atoms with Crippen LogP contribution in [0.25, 0.3) is 0 Å². The lowest BCUT2D eigenvalue weighted by molar-refractivity contribution is 0.0186. The third kappa shape index (κ3) is 5.56. The van der Waals surface area contributed by atoms with Crippen LogP contribution in [0.15, 0.2) is 30.3 Å². The lowest BCUT2D eigenvalue weighted by Crippen LogP contribution is -2.44. The summed E-state index contributed by atoms with van der Waals surface area (Å²) in [5.41, 5.74) is 2.26. The molecule has 0 N–H and O–H groups in total. The molecule has 3 heterocycles. The van der Waals surface area contributed by atoms with E-state index in [-0.39, 0.29) is 19.0 Å². The summed E-state index contributed by atoms with van der Waals surface area (Å²) in [5, 5.41) is 0. The van der Waals surface area contributed by atoms with Crippen molar-refractivity contribution in [3.05, 3.63) is 41.5 Å². The van der Waals surface area contributed by atoms with Gasteiger partial charge in [0.25, 0.3) is 0 Å². The highest BCUT2D eigenvalue weighted by molar-refractivity contribution is 5.68. The summed E-state index contributed by atoms with van der Waals surface area (Å²) in [6.07, 6.45) is 3.24. The largest absolute Gasteiger partial charge is 0.493 e. The number of carbonyl (C=O) groups is 1. The van der Waals surface area contributed by atoms with E-state index in [0.29, 0.717) is 25.4 Å². The maximum absolute atomic E-state index is 12.9.